The zero-order chi connectivity index (χ0) is 11.3. The van der Waals surface area contributed by atoms with Crippen LogP contribution in [0.15, 0.2) is 22.7 Å². The molecule has 1 rings (SSSR count). The lowest BCUT2D eigenvalue weighted by atomic mass is 10.2. The van der Waals surface area contributed by atoms with Crippen LogP contribution in [0.5, 0.6) is 0 Å². The summed E-state index contributed by atoms with van der Waals surface area (Å²) < 4.78 is 0.986. The van der Waals surface area contributed by atoms with Crippen LogP contribution in [0.3, 0.4) is 0 Å². The summed E-state index contributed by atoms with van der Waals surface area (Å²) in [6.07, 6.45) is 0. The molecule has 0 radical (unpaired) electrons. The Balaban J connectivity index is 2.37. The molecule has 84 valence electrons. The molecule has 4 heteroatoms. The van der Waals surface area contributed by atoms with Crippen molar-refractivity contribution in [2.24, 2.45) is 5.92 Å². The summed E-state index contributed by atoms with van der Waals surface area (Å²) in [5.41, 5.74) is 3.92. The van der Waals surface area contributed by atoms with E-state index in [0.717, 1.165) is 15.1 Å². The second-order valence-corrected chi connectivity index (χ2v) is 5.08. The predicted octanol–water partition coefficient (Wildman–Crippen LogP) is 3.78. The second-order valence-electron chi connectivity index (χ2n) is 3.76. The molecule has 0 fully saturated rings. The van der Waals surface area contributed by atoms with E-state index in [9.17, 15) is 0 Å². The van der Waals surface area contributed by atoms with E-state index >= 15 is 0 Å². The number of rotatable bonds is 5. The number of benzene rings is 1. The average molecular weight is 293 g/mol. The normalized spacial score (nSPS) is 11.0. The lowest BCUT2D eigenvalue weighted by Crippen LogP contribution is -2.17. The first-order valence-corrected chi connectivity index (χ1v) is 6.05. The average Bonchev–Trinajstić information content (AvgIpc) is 2.14. The van der Waals surface area contributed by atoms with Crippen molar-refractivity contribution in [1.29, 1.82) is 0 Å². The number of hydroxylamine groups is 1. The van der Waals surface area contributed by atoms with Gasteiger partial charge < -0.3 is 4.84 Å². The van der Waals surface area contributed by atoms with Gasteiger partial charge in [0.15, 0.2) is 0 Å². The summed E-state index contributed by atoms with van der Waals surface area (Å²) in [6.45, 7) is 5.54. The van der Waals surface area contributed by atoms with Crippen molar-refractivity contribution in [3.05, 3.63) is 33.3 Å². The van der Waals surface area contributed by atoms with E-state index < -0.39 is 0 Å². The smallest absolute Gasteiger partial charge is 0.0705 e. The minimum Gasteiger partial charge on any atom is -0.301 e. The quantitative estimate of drug-likeness (QED) is 0.659. The first-order chi connectivity index (χ1) is 7.09. The highest BCUT2D eigenvalue weighted by Gasteiger charge is 2.01. The molecular formula is C11H15BrClNO. The van der Waals surface area contributed by atoms with Crippen LogP contribution in [-0.2, 0) is 11.4 Å². The molecule has 1 aromatic carbocycles. The van der Waals surface area contributed by atoms with E-state index in [1.54, 1.807) is 0 Å². The Morgan fingerprint density at radius 2 is 2.20 bits per heavy atom. The van der Waals surface area contributed by atoms with Crippen molar-refractivity contribution in [2.45, 2.75) is 20.4 Å². The molecule has 0 saturated heterocycles. The summed E-state index contributed by atoms with van der Waals surface area (Å²) in [5.74, 6) is 0.526. The van der Waals surface area contributed by atoms with Crippen LogP contribution >= 0.6 is 27.5 Å². The number of hydrogen-bond donors (Lipinski definition) is 1. The molecular weight excluding hydrogens is 277 g/mol. The third kappa shape index (κ3) is 4.98. The summed E-state index contributed by atoms with van der Waals surface area (Å²) >= 11 is 9.41. The highest BCUT2D eigenvalue weighted by atomic mass is 79.9. The van der Waals surface area contributed by atoms with Crippen LogP contribution in [0, 0.1) is 5.92 Å². The fourth-order valence-electron chi connectivity index (χ4n) is 1.02. The molecule has 0 aromatic heterocycles. The lowest BCUT2D eigenvalue weighted by Gasteiger charge is -2.09. The first kappa shape index (κ1) is 13.0. The van der Waals surface area contributed by atoms with Gasteiger partial charge in [-0.25, -0.2) is 0 Å². The van der Waals surface area contributed by atoms with Crippen LogP contribution in [-0.4, -0.2) is 6.61 Å². The molecule has 2 nitrogen and oxygen atoms in total. The fourth-order valence-corrected chi connectivity index (χ4v) is 1.76. The van der Waals surface area contributed by atoms with E-state index in [1.807, 2.05) is 18.2 Å². The lowest BCUT2D eigenvalue weighted by molar-refractivity contribution is 0.0196. The molecule has 1 N–H and O–H groups in total. The van der Waals surface area contributed by atoms with Crippen molar-refractivity contribution >= 4 is 27.5 Å². The van der Waals surface area contributed by atoms with Crippen molar-refractivity contribution < 1.29 is 4.84 Å². The molecule has 0 aliphatic carbocycles. The Kier molecular flexibility index (Phi) is 5.61. The van der Waals surface area contributed by atoms with Crippen molar-refractivity contribution in [1.82, 2.24) is 5.48 Å². The molecule has 0 bridgehead atoms. The van der Waals surface area contributed by atoms with Crippen LogP contribution < -0.4 is 5.48 Å². The molecule has 0 spiro atoms. The van der Waals surface area contributed by atoms with E-state index in [1.165, 1.54) is 0 Å². The van der Waals surface area contributed by atoms with Gasteiger partial charge >= 0.3 is 0 Å². The molecule has 0 saturated carbocycles. The van der Waals surface area contributed by atoms with Crippen LogP contribution in [0.25, 0.3) is 0 Å². The summed E-state index contributed by atoms with van der Waals surface area (Å²) in [7, 11) is 0. The Bertz CT molecular complexity index is 317. The van der Waals surface area contributed by atoms with Crippen LogP contribution in [0.1, 0.15) is 19.4 Å². The zero-order valence-electron chi connectivity index (χ0n) is 8.89. The third-order valence-corrected chi connectivity index (χ3v) is 2.64. The summed E-state index contributed by atoms with van der Waals surface area (Å²) in [6, 6.07) is 5.81. The number of nitrogens with one attached hydrogen (secondary N) is 1. The summed E-state index contributed by atoms with van der Waals surface area (Å²) in [4.78, 5) is 5.26. The topological polar surface area (TPSA) is 21.3 Å². The molecule has 0 unspecified atom stereocenters. The molecule has 1 aromatic rings. The minimum atomic E-state index is 0.526. The highest BCUT2D eigenvalue weighted by Crippen LogP contribution is 2.21. The van der Waals surface area contributed by atoms with E-state index in [0.29, 0.717) is 19.1 Å². The van der Waals surface area contributed by atoms with Crippen molar-refractivity contribution in [3.63, 3.8) is 0 Å². The zero-order valence-corrected chi connectivity index (χ0v) is 11.2. The number of halogens is 2. The standard InChI is InChI=1S/C11H15BrClNO/c1-8(2)7-15-14-6-9-3-4-10(12)5-11(9)13/h3-5,8,14H,6-7H2,1-2H3. The molecule has 15 heavy (non-hydrogen) atoms. The van der Waals surface area contributed by atoms with Gasteiger partial charge in [0.1, 0.15) is 0 Å². The van der Waals surface area contributed by atoms with Gasteiger partial charge in [-0.1, -0.05) is 47.4 Å². The van der Waals surface area contributed by atoms with Crippen LogP contribution in [0.2, 0.25) is 5.02 Å². The van der Waals surface area contributed by atoms with Gasteiger partial charge in [-0.15, -0.1) is 0 Å². The van der Waals surface area contributed by atoms with Gasteiger partial charge in [0.2, 0.25) is 0 Å². The van der Waals surface area contributed by atoms with E-state index in [-0.39, 0.29) is 0 Å². The monoisotopic (exact) mass is 291 g/mol. The fraction of sp³-hybridized carbons (Fsp3) is 0.455. The Hall–Kier alpha value is -0.0900. The SMILES string of the molecule is CC(C)CONCc1ccc(Br)cc1Cl. The second kappa shape index (κ2) is 6.48. The molecule has 0 aliphatic rings. The Labute approximate surface area is 104 Å². The minimum absolute atomic E-state index is 0.526. The van der Waals surface area contributed by atoms with E-state index in [2.05, 4.69) is 35.3 Å². The van der Waals surface area contributed by atoms with Gasteiger partial charge in [-0.3, -0.25) is 0 Å². The van der Waals surface area contributed by atoms with Gasteiger partial charge in [0.05, 0.1) is 6.61 Å². The molecule has 0 atom stereocenters. The maximum Gasteiger partial charge on any atom is 0.0705 e. The molecule has 0 amide bonds. The van der Waals surface area contributed by atoms with Gasteiger partial charge in [-0.05, 0) is 23.6 Å². The Morgan fingerprint density at radius 1 is 1.47 bits per heavy atom. The predicted molar refractivity (Wildman–Crippen MR) is 66.8 cm³/mol. The maximum absolute atomic E-state index is 6.05. The number of hydrogen-bond acceptors (Lipinski definition) is 2. The van der Waals surface area contributed by atoms with Gasteiger partial charge in [0, 0.05) is 16.0 Å². The first-order valence-electron chi connectivity index (χ1n) is 4.88. The van der Waals surface area contributed by atoms with Gasteiger partial charge in [0.25, 0.3) is 0 Å². The highest BCUT2D eigenvalue weighted by molar-refractivity contribution is 9.10. The Morgan fingerprint density at radius 3 is 2.80 bits per heavy atom. The third-order valence-electron chi connectivity index (χ3n) is 1.80. The molecule has 0 heterocycles. The van der Waals surface area contributed by atoms with Crippen LogP contribution in [0.4, 0.5) is 0 Å². The van der Waals surface area contributed by atoms with Gasteiger partial charge in [-0.2, -0.15) is 5.48 Å². The summed E-state index contributed by atoms with van der Waals surface area (Å²) in [5, 5.41) is 0.741. The van der Waals surface area contributed by atoms with Crippen molar-refractivity contribution in [2.75, 3.05) is 6.61 Å². The largest absolute Gasteiger partial charge is 0.301 e. The van der Waals surface area contributed by atoms with E-state index in [4.69, 9.17) is 16.4 Å². The molecule has 0 aliphatic heterocycles. The van der Waals surface area contributed by atoms with Crippen molar-refractivity contribution in [3.8, 4) is 0 Å². The maximum atomic E-state index is 6.05.